The minimum atomic E-state index is 0.483. The molecule has 2 heteroatoms. The monoisotopic (exact) mass is 275 g/mol. The van der Waals surface area contributed by atoms with Crippen LogP contribution in [0.2, 0.25) is 0 Å². The smallest absolute Gasteiger partial charge is 0.122 e. The maximum Gasteiger partial charge on any atom is 0.122 e. The summed E-state index contributed by atoms with van der Waals surface area (Å²) in [6.45, 7) is 5.96. The van der Waals surface area contributed by atoms with Crippen LogP contribution in [0.3, 0.4) is 0 Å². The fourth-order valence-electron chi connectivity index (χ4n) is 3.71. The summed E-state index contributed by atoms with van der Waals surface area (Å²) in [7, 11) is 3.84. The molecule has 1 aliphatic rings. The van der Waals surface area contributed by atoms with Gasteiger partial charge in [0.25, 0.3) is 0 Å². The first-order valence-corrected chi connectivity index (χ1v) is 7.82. The van der Waals surface area contributed by atoms with Gasteiger partial charge in [-0.3, -0.25) is 0 Å². The van der Waals surface area contributed by atoms with Crippen LogP contribution >= 0.6 is 0 Å². The molecule has 1 fully saturated rings. The van der Waals surface area contributed by atoms with Crippen molar-refractivity contribution < 1.29 is 4.74 Å². The molecule has 0 amide bonds. The molecule has 0 bridgehead atoms. The molecule has 0 radical (unpaired) electrons. The van der Waals surface area contributed by atoms with Crippen LogP contribution in [-0.2, 0) is 6.42 Å². The molecule has 1 saturated carbocycles. The van der Waals surface area contributed by atoms with Crippen LogP contribution in [0, 0.1) is 17.3 Å². The number of para-hydroxylation sites is 1. The van der Waals surface area contributed by atoms with E-state index in [0.717, 1.165) is 30.6 Å². The molecule has 2 unspecified atom stereocenters. The van der Waals surface area contributed by atoms with E-state index in [0.29, 0.717) is 5.41 Å². The maximum absolute atomic E-state index is 5.52. The molecule has 0 aliphatic heterocycles. The van der Waals surface area contributed by atoms with Crippen molar-refractivity contribution in [1.82, 2.24) is 5.32 Å². The van der Waals surface area contributed by atoms with Gasteiger partial charge in [-0.25, -0.2) is 0 Å². The Hall–Kier alpha value is -1.02. The van der Waals surface area contributed by atoms with Crippen molar-refractivity contribution in [3.63, 3.8) is 0 Å². The highest BCUT2D eigenvalue weighted by Gasteiger charge is 2.34. The van der Waals surface area contributed by atoms with Crippen molar-refractivity contribution in [1.29, 1.82) is 0 Å². The van der Waals surface area contributed by atoms with E-state index < -0.39 is 0 Å². The first kappa shape index (κ1) is 15.4. The minimum absolute atomic E-state index is 0.483. The first-order chi connectivity index (χ1) is 9.55. The summed E-state index contributed by atoms with van der Waals surface area (Å²) in [4.78, 5) is 0. The molecule has 0 spiro atoms. The van der Waals surface area contributed by atoms with Gasteiger partial charge in [0.1, 0.15) is 5.75 Å². The Bertz CT molecular complexity index is 427. The van der Waals surface area contributed by atoms with Gasteiger partial charge in [-0.1, -0.05) is 32.0 Å². The third kappa shape index (κ3) is 3.76. The van der Waals surface area contributed by atoms with E-state index in [1.807, 2.05) is 0 Å². The lowest BCUT2D eigenvalue weighted by Crippen LogP contribution is -2.36. The summed E-state index contributed by atoms with van der Waals surface area (Å²) in [5.41, 5.74) is 1.84. The fourth-order valence-corrected chi connectivity index (χ4v) is 3.71. The van der Waals surface area contributed by atoms with Crippen molar-refractivity contribution in [2.24, 2.45) is 17.3 Å². The van der Waals surface area contributed by atoms with Gasteiger partial charge in [0.05, 0.1) is 7.11 Å². The average Bonchev–Trinajstić information content (AvgIpc) is 2.42. The summed E-state index contributed by atoms with van der Waals surface area (Å²) >= 11 is 0. The third-order valence-electron chi connectivity index (χ3n) is 4.81. The highest BCUT2D eigenvalue weighted by molar-refractivity contribution is 5.33. The first-order valence-electron chi connectivity index (χ1n) is 7.82. The summed E-state index contributed by atoms with van der Waals surface area (Å²) in [6.07, 6.45) is 5.15. The Morgan fingerprint density at radius 2 is 2.00 bits per heavy atom. The highest BCUT2D eigenvalue weighted by atomic mass is 16.5. The zero-order valence-corrected chi connectivity index (χ0v) is 13.4. The van der Waals surface area contributed by atoms with Crippen LogP contribution in [0.1, 0.15) is 38.7 Å². The number of hydrogen-bond acceptors (Lipinski definition) is 2. The molecule has 2 rings (SSSR count). The Labute approximate surface area is 123 Å². The molecular weight excluding hydrogens is 246 g/mol. The molecule has 0 saturated heterocycles. The van der Waals surface area contributed by atoms with Gasteiger partial charge in [0.2, 0.25) is 0 Å². The number of rotatable bonds is 5. The standard InChI is InChI=1S/C18H29NO/c1-18(2)10-9-15(13-19-3)16(12-18)11-14-7-5-6-8-17(14)20-4/h5-8,15-16,19H,9-13H2,1-4H3. The molecular formula is C18H29NO. The third-order valence-corrected chi connectivity index (χ3v) is 4.81. The molecule has 1 aromatic carbocycles. The van der Waals surface area contributed by atoms with E-state index in [2.05, 4.69) is 50.5 Å². The Kier molecular flexibility index (Phi) is 5.09. The van der Waals surface area contributed by atoms with Gasteiger partial charge in [0, 0.05) is 0 Å². The molecule has 112 valence electrons. The predicted octanol–water partition coefficient (Wildman–Crippen LogP) is 3.90. The fraction of sp³-hybridized carbons (Fsp3) is 0.667. The van der Waals surface area contributed by atoms with E-state index in [1.54, 1.807) is 7.11 Å². The van der Waals surface area contributed by atoms with Crippen molar-refractivity contribution in [2.45, 2.75) is 39.5 Å². The number of benzene rings is 1. The van der Waals surface area contributed by atoms with E-state index in [1.165, 1.54) is 24.8 Å². The van der Waals surface area contributed by atoms with Crippen LogP contribution in [-0.4, -0.2) is 20.7 Å². The topological polar surface area (TPSA) is 21.3 Å². The largest absolute Gasteiger partial charge is 0.496 e. The van der Waals surface area contributed by atoms with E-state index >= 15 is 0 Å². The summed E-state index contributed by atoms with van der Waals surface area (Å²) in [5, 5.41) is 3.38. The van der Waals surface area contributed by atoms with Crippen LogP contribution in [0.5, 0.6) is 5.75 Å². The van der Waals surface area contributed by atoms with Gasteiger partial charge in [0.15, 0.2) is 0 Å². The SMILES string of the molecule is CNCC1CCC(C)(C)CC1Cc1ccccc1OC. The number of methoxy groups -OCH3 is 1. The van der Waals surface area contributed by atoms with E-state index in [4.69, 9.17) is 4.74 Å². The minimum Gasteiger partial charge on any atom is -0.496 e. The molecule has 1 N–H and O–H groups in total. The van der Waals surface area contributed by atoms with Crippen LogP contribution in [0.4, 0.5) is 0 Å². The quantitative estimate of drug-likeness (QED) is 0.880. The molecule has 2 atom stereocenters. The lowest BCUT2D eigenvalue weighted by molar-refractivity contribution is 0.117. The van der Waals surface area contributed by atoms with Crippen molar-refractivity contribution in [2.75, 3.05) is 20.7 Å². The molecule has 0 aromatic heterocycles. The predicted molar refractivity (Wildman–Crippen MR) is 85.2 cm³/mol. The Balaban J connectivity index is 2.14. The summed E-state index contributed by atoms with van der Waals surface area (Å²) < 4.78 is 5.52. The van der Waals surface area contributed by atoms with Gasteiger partial charge in [-0.15, -0.1) is 0 Å². The van der Waals surface area contributed by atoms with Crippen LogP contribution < -0.4 is 10.1 Å². The number of nitrogens with one attached hydrogen (secondary N) is 1. The molecule has 1 aromatic rings. The van der Waals surface area contributed by atoms with E-state index in [-0.39, 0.29) is 0 Å². The van der Waals surface area contributed by atoms with Gasteiger partial charge < -0.3 is 10.1 Å². The van der Waals surface area contributed by atoms with E-state index in [9.17, 15) is 0 Å². The second kappa shape index (κ2) is 6.62. The normalized spacial score (nSPS) is 25.4. The molecule has 20 heavy (non-hydrogen) atoms. The molecule has 0 heterocycles. The van der Waals surface area contributed by atoms with Crippen LogP contribution in [0.25, 0.3) is 0 Å². The lowest BCUT2D eigenvalue weighted by atomic mass is 9.65. The van der Waals surface area contributed by atoms with Crippen LogP contribution in [0.15, 0.2) is 24.3 Å². The highest BCUT2D eigenvalue weighted by Crippen LogP contribution is 2.43. The van der Waals surface area contributed by atoms with Gasteiger partial charge in [-0.2, -0.15) is 0 Å². The Morgan fingerprint density at radius 3 is 2.70 bits per heavy atom. The van der Waals surface area contributed by atoms with Gasteiger partial charge in [-0.05, 0) is 68.2 Å². The van der Waals surface area contributed by atoms with Crippen molar-refractivity contribution >= 4 is 0 Å². The second-order valence-corrected chi connectivity index (χ2v) is 7.00. The van der Waals surface area contributed by atoms with Crippen molar-refractivity contribution in [3.8, 4) is 5.75 Å². The molecule has 1 aliphatic carbocycles. The lowest BCUT2D eigenvalue weighted by Gasteiger charge is -2.41. The zero-order chi connectivity index (χ0) is 14.6. The number of hydrogen-bond donors (Lipinski definition) is 1. The Morgan fingerprint density at radius 1 is 1.25 bits per heavy atom. The molecule has 2 nitrogen and oxygen atoms in total. The average molecular weight is 275 g/mol. The second-order valence-electron chi connectivity index (χ2n) is 7.00. The number of ether oxygens (including phenoxy) is 1. The zero-order valence-electron chi connectivity index (χ0n) is 13.4. The van der Waals surface area contributed by atoms with Gasteiger partial charge >= 0.3 is 0 Å². The summed E-state index contributed by atoms with van der Waals surface area (Å²) in [6, 6.07) is 8.48. The summed E-state index contributed by atoms with van der Waals surface area (Å²) in [5.74, 6) is 2.58. The van der Waals surface area contributed by atoms with Crippen molar-refractivity contribution in [3.05, 3.63) is 29.8 Å². The maximum atomic E-state index is 5.52.